The van der Waals surface area contributed by atoms with E-state index in [1.54, 1.807) is 4.90 Å². The van der Waals surface area contributed by atoms with Gasteiger partial charge in [-0.2, -0.15) is 0 Å². The molecule has 0 aliphatic carbocycles. The molecule has 2 heterocycles. The first-order chi connectivity index (χ1) is 8.39. The van der Waals surface area contributed by atoms with E-state index in [1.165, 1.54) is 0 Å². The van der Waals surface area contributed by atoms with Gasteiger partial charge in [0.2, 0.25) is 0 Å². The quantitative estimate of drug-likeness (QED) is 0.785. The van der Waals surface area contributed by atoms with Gasteiger partial charge in [-0.05, 0) is 20.8 Å². The number of fused-ring (bicyclic) bond motifs is 1. The number of hydrogen-bond donors (Lipinski definition) is 2. The van der Waals surface area contributed by atoms with Gasteiger partial charge in [0.1, 0.15) is 11.4 Å². The Kier molecular flexibility index (Phi) is 3.30. The van der Waals surface area contributed by atoms with E-state index >= 15 is 0 Å². The molecule has 1 amide bonds. The fraction of sp³-hybridized carbons (Fsp3) is 0.667. The molecule has 100 valence electrons. The lowest BCUT2D eigenvalue weighted by Crippen LogP contribution is -2.39. The molecule has 0 radical (unpaired) electrons. The maximum Gasteiger partial charge on any atom is 0.410 e. The second kappa shape index (κ2) is 4.61. The zero-order valence-electron chi connectivity index (χ0n) is 11.1. The van der Waals surface area contributed by atoms with Crippen molar-refractivity contribution in [1.29, 1.82) is 0 Å². The highest BCUT2D eigenvalue weighted by Gasteiger charge is 2.27. The second-order valence-corrected chi connectivity index (χ2v) is 5.46. The summed E-state index contributed by atoms with van der Waals surface area (Å²) in [5.74, 6) is 0.769. The van der Waals surface area contributed by atoms with Crippen molar-refractivity contribution in [2.45, 2.75) is 45.9 Å². The number of carbonyl (C=O) groups is 1. The topological polar surface area (TPSA) is 84.2 Å². The van der Waals surface area contributed by atoms with E-state index in [9.17, 15) is 4.79 Å². The number of imidazole rings is 1. The number of H-pyrrole nitrogens is 1. The average Bonchev–Trinajstić information content (AvgIpc) is 2.68. The lowest BCUT2D eigenvalue weighted by Gasteiger charge is -2.29. The van der Waals surface area contributed by atoms with Crippen LogP contribution in [0.4, 0.5) is 4.79 Å². The summed E-state index contributed by atoms with van der Waals surface area (Å²) in [5.41, 5.74) is 7.05. The molecule has 6 nitrogen and oxygen atoms in total. The van der Waals surface area contributed by atoms with Gasteiger partial charge in [0.05, 0.1) is 24.5 Å². The van der Waals surface area contributed by atoms with Crippen molar-refractivity contribution in [1.82, 2.24) is 14.9 Å². The number of nitrogens with one attached hydrogen (secondary N) is 1. The molecule has 1 aromatic rings. The first kappa shape index (κ1) is 12.9. The predicted octanol–water partition coefficient (Wildman–Crippen LogP) is 1.16. The molecule has 0 fully saturated rings. The first-order valence-corrected chi connectivity index (χ1v) is 6.13. The number of nitrogens with zero attached hydrogens (tertiary/aromatic N) is 2. The average molecular weight is 252 g/mol. The molecule has 0 unspecified atom stereocenters. The number of amides is 1. The number of hydrogen-bond acceptors (Lipinski definition) is 4. The summed E-state index contributed by atoms with van der Waals surface area (Å²) < 4.78 is 5.35. The number of aromatic nitrogens is 2. The highest BCUT2D eigenvalue weighted by molar-refractivity contribution is 5.68. The number of rotatable bonds is 1. The standard InChI is InChI=1S/C12H20N4O2/c1-12(2,3)18-11(17)16-5-4-8-9(7-16)15-10(6-13)14-8/h4-7,13H2,1-3H3,(H,14,15). The van der Waals surface area contributed by atoms with Crippen molar-refractivity contribution in [3.63, 3.8) is 0 Å². The van der Waals surface area contributed by atoms with Crippen molar-refractivity contribution >= 4 is 6.09 Å². The van der Waals surface area contributed by atoms with E-state index in [0.29, 0.717) is 19.6 Å². The third-order valence-corrected chi connectivity index (χ3v) is 2.73. The van der Waals surface area contributed by atoms with Gasteiger partial charge in [-0.3, -0.25) is 0 Å². The molecule has 0 saturated carbocycles. The Balaban J connectivity index is 2.05. The van der Waals surface area contributed by atoms with Gasteiger partial charge in [-0.25, -0.2) is 9.78 Å². The van der Waals surface area contributed by atoms with Crippen molar-refractivity contribution in [2.24, 2.45) is 5.73 Å². The summed E-state index contributed by atoms with van der Waals surface area (Å²) in [6.45, 7) is 7.13. The van der Waals surface area contributed by atoms with E-state index in [4.69, 9.17) is 10.5 Å². The fourth-order valence-electron chi connectivity index (χ4n) is 1.93. The van der Waals surface area contributed by atoms with Crippen LogP contribution >= 0.6 is 0 Å². The van der Waals surface area contributed by atoms with Gasteiger partial charge < -0.3 is 20.4 Å². The van der Waals surface area contributed by atoms with Crippen LogP contribution in [0.25, 0.3) is 0 Å². The third kappa shape index (κ3) is 2.81. The van der Waals surface area contributed by atoms with Gasteiger partial charge >= 0.3 is 6.09 Å². The van der Waals surface area contributed by atoms with Crippen LogP contribution in [0.2, 0.25) is 0 Å². The highest BCUT2D eigenvalue weighted by atomic mass is 16.6. The number of ether oxygens (including phenoxy) is 1. The van der Waals surface area contributed by atoms with Crippen LogP contribution in [0.15, 0.2) is 0 Å². The Labute approximate surface area is 107 Å². The van der Waals surface area contributed by atoms with Crippen LogP contribution in [0.3, 0.4) is 0 Å². The zero-order chi connectivity index (χ0) is 13.3. The SMILES string of the molecule is CC(C)(C)OC(=O)N1CCc2nc(CN)[nH]c2C1. The molecule has 0 bridgehead atoms. The number of nitrogens with two attached hydrogens (primary N) is 1. The van der Waals surface area contributed by atoms with Crippen LogP contribution in [-0.4, -0.2) is 33.1 Å². The Bertz CT molecular complexity index is 447. The molecule has 0 spiro atoms. The second-order valence-electron chi connectivity index (χ2n) is 5.46. The van der Waals surface area contributed by atoms with Crippen LogP contribution in [-0.2, 0) is 24.2 Å². The third-order valence-electron chi connectivity index (χ3n) is 2.73. The molecule has 3 N–H and O–H groups in total. The van der Waals surface area contributed by atoms with Crippen molar-refractivity contribution in [2.75, 3.05) is 6.54 Å². The van der Waals surface area contributed by atoms with E-state index in [-0.39, 0.29) is 6.09 Å². The van der Waals surface area contributed by atoms with Gasteiger partial charge in [-0.15, -0.1) is 0 Å². The summed E-state index contributed by atoms with van der Waals surface area (Å²) in [6.07, 6.45) is 0.461. The minimum atomic E-state index is -0.465. The smallest absolute Gasteiger partial charge is 0.410 e. The van der Waals surface area contributed by atoms with Crippen LogP contribution in [0, 0.1) is 0 Å². The normalized spacial score (nSPS) is 15.4. The molecule has 2 rings (SSSR count). The molecule has 0 aromatic carbocycles. The van der Waals surface area contributed by atoms with Crippen molar-refractivity contribution < 1.29 is 9.53 Å². The molecule has 6 heteroatoms. The Morgan fingerprint density at radius 2 is 2.28 bits per heavy atom. The first-order valence-electron chi connectivity index (χ1n) is 6.13. The van der Waals surface area contributed by atoms with Gasteiger partial charge in [0.15, 0.2) is 0 Å². The van der Waals surface area contributed by atoms with E-state index < -0.39 is 5.60 Å². The minimum absolute atomic E-state index is 0.281. The van der Waals surface area contributed by atoms with Crippen LogP contribution in [0.1, 0.15) is 38.0 Å². The van der Waals surface area contributed by atoms with Gasteiger partial charge in [-0.1, -0.05) is 0 Å². The highest BCUT2D eigenvalue weighted by Crippen LogP contribution is 2.19. The van der Waals surface area contributed by atoms with Crippen molar-refractivity contribution in [3.05, 3.63) is 17.2 Å². The Morgan fingerprint density at radius 3 is 2.89 bits per heavy atom. The summed E-state index contributed by atoms with van der Waals surface area (Å²) in [6, 6.07) is 0. The van der Waals surface area contributed by atoms with Gasteiger partial charge in [0, 0.05) is 13.0 Å². The molecule has 1 aliphatic rings. The molecular formula is C12H20N4O2. The molecule has 0 atom stereocenters. The monoisotopic (exact) mass is 252 g/mol. The lowest BCUT2D eigenvalue weighted by atomic mass is 10.1. The predicted molar refractivity (Wildman–Crippen MR) is 66.8 cm³/mol. The number of carbonyl (C=O) groups excluding carboxylic acids is 1. The van der Waals surface area contributed by atoms with Crippen molar-refractivity contribution in [3.8, 4) is 0 Å². The minimum Gasteiger partial charge on any atom is -0.444 e. The Hall–Kier alpha value is -1.56. The fourth-order valence-corrected chi connectivity index (χ4v) is 1.93. The Morgan fingerprint density at radius 1 is 1.56 bits per heavy atom. The summed E-state index contributed by atoms with van der Waals surface area (Å²) in [7, 11) is 0. The van der Waals surface area contributed by atoms with E-state index in [2.05, 4.69) is 9.97 Å². The van der Waals surface area contributed by atoms with E-state index in [1.807, 2.05) is 20.8 Å². The van der Waals surface area contributed by atoms with Gasteiger partial charge in [0.25, 0.3) is 0 Å². The lowest BCUT2D eigenvalue weighted by molar-refractivity contribution is 0.0221. The molecule has 0 saturated heterocycles. The summed E-state index contributed by atoms with van der Waals surface area (Å²) in [5, 5.41) is 0. The van der Waals surface area contributed by atoms with E-state index in [0.717, 1.165) is 23.6 Å². The van der Waals surface area contributed by atoms with Crippen LogP contribution in [0.5, 0.6) is 0 Å². The molecule has 18 heavy (non-hydrogen) atoms. The number of aromatic amines is 1. The maximum absolute atomic E-state index is 11.9. The summed E-state index contributed by atoms with van der Waals surface area (Å²) in [4.78, 5) is 21.2. The van der Waals surface area contributed by atoms with Crippen LogP contribution < -0.4 is 5.73 Å². The molecule has 1 aliphatic heterocycles. The molecular weight excluding hydrogens is 232 g/mol. The largest absolute Gasteiger partial charge is 0.444 e. The summed E-state index contributed by atoms with van der Waals surface area (Å²) >= 11 is 0. The molecule has 1 aromatic heterocycles. The zero-order valence-corrected chi connectivity index (χ0v) is 11.1. The maximum atomic E-state index is 11.9.